The average molecular weight is 447 g/mol. The Morgan fingerprint density at radius 3 is 2.17 bits per heavy atom. The highest BCUT2D eigenvalue weighted by molar-refractivity contribution is 7.85. The Hall–Kier alpha value is -2.17. The van der Waals surface area contributed by atoms with E-state index >= 15 is 0 Å². The molecule has 1 aliphatic carbocycles. The lowest BCUT2D eigenvalue weighted by atomic mass is 9.63. The van der Waals surface area contributed by atoms with Crippen molar-refractivity contribution in [3.05, 3.63) is 59.4 Å². The van der Waals surface area contributed by atoms with Gasteiger partial charge < -0.3 is 10.1 Å². The molecule has 0 atom stereocenters. The molecule has 10 heteroatoms. The highest BCUT2D eigenvalue weighted by Crippen LogP contribution is 2.46. The molecule has 1 saturated carbocycles. The number of nitrogens with one attached hydrogen (secondary N) is 1. The van der Waals surface area contributed by atoms with Crippen molar-refractivity contribution in [2.75, 3.05) is 13.1 Å². The van der Waals surface area contributed by atoms with Crippen molar-refractivity contribution < 1.29 is 35.3 Å². The molecule has 1 aliphatic heterocycles. The van der Waals surface area contributed by atoms with Crippen molar-refractivity contribution in [3.8, 4) is 5.75 Å². The molecule has 1 spiro atoms. The maximum atomic E-state index is 13.2. The van der Waals surface area contributed by atoms with Crippen LogP contribution in [-0.2, 0) is 16.3 Å². The van der Waals surface area contributed by atoms with E-state index < -0.39 is 27.7 Å². The van der Waals surface area contributed by atoms with Gasteiger partial charge in [0.2, 0.25) is 0 Å². The second kappa shape index (κ2) is 8.16. The quantitative estimate of drug-likeness (QED) is 0.545. The van der Waals surface area contributed by atoms with Crippen LogP contribution in [0.15, 0.2) is 47.4 Å². The van der Waals surface area contributed by atoms with E-state index in [-0.39, 0.29) is 22.2 Å². The molecule has 2 aliphatic rings. The minimum atomic E-state index is -4.56. The Morgan fingerprint density at radius 2 is 1.70 bits per heavy atom. The van der Waals surface area contributed by atoms with Crippen LogP contribution >= 0.6 is 0 Å². The minimum Gasteiger partial charge on any atom is -0.490 e. The van der Waals surface area contributed by atoms with Crippen molar-refractivity contribution in [2.45, 2.75) is 36.9 Å². The highest BCUT2D eigenvalue weighted by Gasteiger charge is 2.49. The molecule has 0 amide bonds. The van der Waals surface area contributed by atoms with Crippen LogP contribution in [0.25, 0.3) is 0 Å². The van der Waals surface area contributed by atoms with Crippen LogP contribution in [0.1, 0.15) is 24.0 Å². The molecule has 1 saturated heterocycles. The molecule has 0 bridgehead atoms. The van der Waals surface area contributed by atoms with Crippen molar-refractivity contribution in [3.63, 3.8) is 0 Å². The first-order chi connectivity index (χ1) is 13.9. The van der Waals surface area contributed by atoms with Gasteiger partial charge in [0, 0.05) is 24.6 Å². The van der Waals surface area contributed by atoms with E-state index in [9.17, 15) is 26.0 Å². The van der Waals surface area contributed by atoms with Crippen LogP contribution in [0.5, 0.6) is 5.75 Å². The van der Waals surface area contributed by atoms with Crippen LogP contribution in [0.3, 0.4) is 0 Å². The summed E-state index contributed by atoms with van der Waals surface area (Å²) in [5, 5.41) is 3.16. The van der Waals surface area contributed by atoms with Gasteiger partial charge in [0.15, 0.2) is 0 Å². The fourth-order valence-corrected chi connectivity index (χ4v) is 3.93. The predicted octanol–water partition coefficient (Wildman–Crippen LogP) is 4.22. The van der Waals surface area contributed by atoms with Crippen molar-refractivity contribution >= 4 is 10.1 Å². The van der Waals surface area contributed by atoms with E-state index in [1.807, 2.05) is 6.92 Å². The summed E-state index contributed by atoms with van der Waals surface area (Å²) in [4.78, 5) is -0.0666. The zero-order chi connectivity index (χ0) is 22.2. The largest absolute Gasteiger partial charge is 0.490 e. The molecule has 1 heterocycles. The number of halogens is 4. The van der Waals surface area contributed by atoms with Crippen LogP contribution in [0.4, 0.5) is 17.6 Å². The lowest BCUT2D eigenvalue weighted by Gasteiger charge is -2.53. The summed E-state index contributed by atoms with van der Waals surface area (Å²) < 4.78 is 85.8. The summed E-state index contributed by atoms with van der Waals surface area (Å²) in [6.45, 7) is 3.71. The lowest BCUT2D eigenvalue weighted by molar-refractivity contribution is -0.138. The third-order valence-electron chi connectivity index (χ3n) is 5.14. The van der Waals surface area contributed by atoms with E-state index in [1.54, 1.807) is 12.1 Å². The Bertz CT molecular complexity index is 994. The molecular weight excluding hydrogens is 426 g/mol. The Kier molecular flexibility index (Phi) is 6.13. The zero-order valence-corrected chi connectivity index (χ0v) is 16.9. The summed E-state index contributed by atoms with van der Waals surface area (Å²) in [7, 11) is -4.02. The van der Waals surface area contributed by atoms with Crippen molar-refractivity contribution in [2.24, 2.45) is 5.41 Å². The standard InChI is InChI=1S/C13H13F4NO.C7H8O3S/c14-9-1-8(13(15,16)17)2-10(3-9)19-11-4-12(5-11)6-18-7-12;1-6-2-4-7(5-3-6)11(8,9)10/h1-3,11,18H,4-7H2;2-5H,1H3,(H,8,9,10). The number of hydrogen-bond donors (Lipinski definition) is 2. The van der Waals surface area contributed by atoms with Gasteiger partial charge in [-0.1, -0.05) is 17.7 Å². The Balaban J connectivity index is 0.000000199. The van der Waals surface area contributed by atoms with Gasteiger partial charge in [-0.05, 0) is 44.0 Å². The number of alkyl halides is 3. The molecule has 2 N–H and O–H groups in total. The lowest BCUT2D eigenvalue weighted by Crippen LogP contribution is -2.62. The second-order valence-corrected chi connectivity index (χ2v) is 9.13. The van der Waals surface area contributed by atoms with Crippen LogP contribution in [-0.4, -0.2) is 32.2 Å². The maximum absolute atomic E-state index is 13.2. The van der Waals surface area contributed by atoms with E-state index in [0.29, 0.717) is 6.07 Å². The van der Waals surface area contributed by atoms with Gasteiger partial charge >= 0.3 is 6.18 Å². The molecule has 0 aromatic heterocycles. The molecule has 164 valence electrons. The van der Waals surface area contributed by atoms with Crippen LogP contribution < -0.4 is 10.1 Å². The molecule has 2 fully saturated rings. The zero-order valence-electron chi connectivity index (χ0n) is 16.0. The van der Waals surface area contributed by atoms with Gasteiger partial charge in [-0.2, -0.15) is 21.6 Å². The van der Waals surface area contributed by atoms with Gasteiger partial charge in [0.1, 0.15) is 11.6 Å². The fraction of sp³-hybridized carbons (Fsp3) is 0.400. The number of rotatable bonds is 3. The van der Waals surface area contributed by atoms with Crippen molar-refractivity contribution in [1.82, 2.24) is 5.32 Å². The minimum absolute atomic E-state index is 0.0422. The highest BCUT2D eigenvalue weighted by atomic mass is 32.2. The van der Waals surface area contributed by atoms with Gasteiger partial charge in [0.25, 0.3) is 10.1 Å². The first-order valence-electron chi connectivity index (χ1n) is 9.16. The predicted molar refractivity (Wildman–Crippen MR) is 101 cm³/mol. The Labute approximate surface area is 171 Å². The first-order valence-corrected chi connectivity index (χ1v) is 10.6. The van der Waals surface area contributed by atoms with Crippen LogP contribution in [0, 0.1) is 18.2 Å². The second-order valence-electron chi connectivity index (χ2n) is 7.71. The SMILES string of the molecule is Cc1ccc(S(=O)(=O)O)cc1.Fc1cc(OC2CC3(CNC3)C2)cc(C(F)(F)F)c1. The van der Waals surface area contributed by atoms with E-state index in [2.05, 4.69) is 5.32 Å². The van der Waals surface area contributed by atoms with Crippen LogP contribution in [0.2, 0.25) is 0 Å². The number of ether oxygens (including phenoxy) is 1. The summed E-state index contributed by atoms with van der Waals surface area (Å²) in [6, 6.07) is 8.32. The number of hydrogen-bond acceptors (Lipinski definition) is 4. The van der Waals surface area contributed by atoms with Gasteiger partial charge in [0.05, 0.1) is 16.6 Å². The summed E-state index contributed by atoms with van der Waals surface area (Å²) in [5.74, 6) is -0.969. The molecule has 5 nitrogen and oxygen atoms in total. The van der Waals surface area contributed by atoms with E-state index in [1.165, 1.54) is 12.1 Å². The monoisotopic (exact) mass is 447 g/mol. The molecule has 2 aromatic carbocycles. The molecule has 0 radical (unpaired) electrons. The third-order valence-corrected chi connectivity index (χ3v) is 6.01. The third kappa shape index (κ3) is 5.50. The molecule has 0 unspecified atom stereocenters. The maximum Gasteiger partial charge on any atom is 0.416 e. The molecule has 4 rings (SSSR count). The first kappa shape index (κ1) is 22.5. The molecule has 2 aromatic rings. The Morgan fingerprint density at radius 1 is 1.10 bits per heavy atom. The normalized spacial score (nSPS) is 18.1. The summed E-state index contributed by atoms with van der Waals surface area (Å²) >= 11 is 0. The molecule has 30 heavy (non-hydrogen) atoms. The smallest absolute Gasteiger partial charge is 0.416 e. The van der Waals surface area contributed by atoms with Gasteiger partial charge in [-0.15, -0.1) is 0 Å². The number of benzene rings is 2. The average Bonchev–Trinajstić information content (AvgIpc) is 2.55. The van der Waals surface area contributed by atoms with Gasteiger partial charge in [-0.3, -0.25) is 4.55 Å². The number of aryl methyl sites for hydroxylation is 1. The molecular formula is C20H21F4NO4S. The van der Waals surface area contributed by atoms with E-state index in [0.717, 1.165) is 43.6 Å². The fourth-order valence-electron chi connectivity index (χ4n) is 3.45. The van der Waals surface area contributed by atoms with E-state index in [4.69, 9.17) is 9.29 Å². The topological polar surface area (TPSA) is 75.6 Å². The van der Waals surface area contributed by atoms with Crippen molar-refractivity contribution in [1.29, 1.82) is 0 Å². The van der Waals surface area contributed by atoms with Gasteiger partial charge in [-0.25, -0.2) is 4.39 Å². The summed E-state index contributed by atoms with van der Waals surface area (Å²) in [6.07, 6.45) is -3.03. The summed E-state index contributed by atoms with van der Waals surface area (Å²) in [5.41, 5.74) is 0.212.